The molecule has 2 heterocycles. The van der Waals surface area contributed by atoms with Gasteiger partial charge in [-0.2, -0.15) is 0 Å². The lowest BCUT2D eigenvalue weighted by Gasteiger charge is -2.34. The fourth-order valence-corrected chi connectivity index (χ4v) is 5.18. The molecule has 2 atom stereocenters. The van der Waals surface area contributed by atoms with Gasteiger partial charge in [0.25, 0.3) is 0 Å². The summed E-state index contributed by atoms with van der Waals surface area (Å²) >= 11 is 0. The van der Waals surface area contributed by atoms with Gasteiger partial charge in [-0.15, -0.1) is 0 Å². The molecule has 2 fully saturated rings. The molecule has 0 aliphatic carbocycles. The number of rotatable bonds is 5. The number of amides is 1. The summed E-state index contributed by atoms with van der Waals surface area (Å²) in [4.78, 5) is 17.4. The van der Waals surface area contributed by atoms with E-state index >= 15 is 0 Å². The highest BCUT2D eigenvalue weighted by molar-refractivity contribution is 5.78. The van der Waals surface area contributed by atoms with Crippen molar-refractivity contribution in [3.8, 4) is 0 Å². The van der Waals surface area contributed by atoms with Crippen LogP contribution < -0.4 is 0 Å². The molecule has 29 heavy (non-hydrogen) atoms. The molecule has 4 rings (SSSR count). The zero-order chi connectivity index (χ0) is 20.2. The first-order valence-corrected chi connectivity index (χ1v) is 11.2. The van der Waals surface area contributed by atoms with Gasteiger partial charge in [-0.25, -0.2) is 0 Å². The second-order valence-electron chi connectivity index (χ2n) is 9.16. The van der Waals surface area contributed by atoms with E-state index in [4.69, 9.17) is 0 Å². The molecular formula is C26H34N2O. The lowest BCUT2D eigenvalue weighted by molar-refractivity contribution is -0.133. The number of benzene rings is 2. The number of piperidine rings is 1. The van der Waals surface area contributed by atoms with Gasteiger partial charge in [-0.3, -0.25) is 4.79 Å². The molecular weight excluding hydrogens is 356 g/mol. The third-order valence-corrected chi connectivity index (χ3v) is 6.83. The fraction of sp³-hybridized carbons (Fsp3) is 0.500. The van der Waals surface area contributed by atoms with E-state index < -0.39 is 0 Å². The molecule has 0 unspecified atom stereocenters. The third kappa shape index (κ3) is 4.72. The van der Waals surface area contributed by atoms with Gasteiger partial charge in [0.05, 0.1) is 0 Å². The minimum Gasteiger partial charge on any atom is -0.342 e. The van der Waals surface area contributed by atoms with Crippen molar-refractivity contribution in [2.75, 3.05) is 32.7 Å². The van der Waals surface area contributed by atoms with Gasteiger partial charge < -0.3 is 9.80 Å². The molecule has 154 valence electrons. The standard InChI is InChI=1S/C26H34N2O/c1-20(2)26(29)28-18-24(25(19-28)23-11-7-4-8-12-23)17-27-15-13-22(14-16-27)21-9-5-3-6-10-21/h3-12,20,22,24-25H,13-19H2,1-2H3/t24-,25+/m0/s1. The predicted molar refractivity (Wildman–Crippen MR) is 119 cm³/mol. The van der Waals surface area contributed by atoms with Crippen LogP contribution in [-0.2, 0) is 4.79 Å². The molecule has 2 aliphatic rings. The minimum absolute atomic E-state index is 0.0757. The van der Waals surface area contributed by atoms with Crippen molar-refractivity contribution in [1.82, 2.24) is 9.80 Å². The summed E-state index contributed by atoms with van der Waals surface area (Å²) in [5, 5.41) is 0. The smallest absolute Gasteiger partial charge is 0.225 e. The molecule has 3 heteroatoms. The first-order chi connectivity index (χ1) is 14.1. The van der Waals surface area contributed by atoms with E-state index in [0.29, 0.717) is 23.7 Å². The fourth-order valence-electron chi connectivity index (χ4n) is 5.18. The maximum absolute atomic E-state index is 12.7. The number of likely N-dealkylation sites (tertiary alicyclic amines) is 2. The molecule has 0 spiro atoms. The number of nitrogens with zero attached hydrogens (tertiary/aromatic N) is 2. The zero-order valence-corrected chi connectivity index (χ0v) is 17.8. The van der Waals surface area contributed by atoms with Gasteiger partial charge >= 0.3 is 0 Å². The van der Waals surface area contributed by atoms with Crippen LogP contribution in [0.5, 0.6) is 0 Å². The first kappa shape index (κ1) is 20.2. The summed E-state index contributed by atoms with van der Waals surface area (Å²) in [6.45, 7) is 9.22. The van der Waals surface area contributed by atoms with E-state index in [1.165, 1.54) is 24.0 Å². The van der Waals surface area contributed by atoms with Crippen molar-refractivity contribution >= 4 is 5.91 Å². The third-order valence-electron chi connectivity index (χ3n) is 6.83. The SMILES string of the molecule is CC(C)C(=O)N1C[C@H](CN2CCC(c3ccccc3)CC2)[C@@H](c2ccccc2)C1. The largest absolute Gasteiger partial charge is 0.342 e. The number of hydrogen-bond acceptors (Lipinski definition) is 2. The molecule has 2 aromatic rings. The Morgan fingerprint density at radius 1 is 0.897 bits per heavy atom. The van der Waals surface area contributed by atoms with Crippen LogP contribution in [0.4, 0.5) is 0 Å². The molecule has 2 aliphatic heterocycles. The lowest BCUT2D eigenvalue weighted by atomic mass is 9.86. The molecule has 0 radical (unpaired) electrons. The average Bonchev–Trinajstić information content (AvgIpc) is 3.18. The Balaban J connectivity index is 1.41. The minimum atomic E-state index is 0.0757. The van der Waals surface area contributed by atoms with Crippen LogP contribution in [0.15, 0.2) is 60.7 Å². The van der Waals surface area contributed by atoms with Crippen LogP contribution in [0.25, 0.3) is 0 Å². The summed E-state index contributed by atoms with van der Waals surface area (Å²) in [7, 11) is 0. The van der Waals surface area contributed by atoms with Gasteiger partial charge in [-0.1, -0.05) is 74.5 Å². The molecule has 0 saturated carbocycles. The van der Waals surface area contributed by atoms with Crippen molar-refractivity contribution in [3.05, 3.63) is 71.8 Å². The van der Waals surface area contributed by atoms with Crippen molar-refractivity contribution in [2.24, 2.45) is 11.8 Å². The highest BCUT2D eigenvalue weighted by Crippen LogP contribution is 2.35. The van der Waals surface area contributed by atoms with Crippen molar-refractivity contribution in [1.29, 1.82) is 0 Å². The predicted octanol–water partition coefficient (Wildman–Crippen LogP) is 4.76. The normalized spacial score (nSPS) is 23.6. The summed E-state index contributed by atoms with van der Waals surface area (Å²) in [6.07, 6.45) is 2.47. The van der Waals surface area contributed by atoms with Gasteiger partial charge in [0, 0.05) is 31.5 Å². The monoisotopic (exact) mass is 390 g/mol. The Hall–Kier alpha value is -2.13. The van der Waals surface area contributed by atoms with E-state index in [-0.39, 0.29) is 5.92 Å². The van der Waals surface area contributed by atoms with Crippen LogP contribution in [-0.4, -0.2) is 48.4 Å². The molecule has 0 aromatic heterocycles. The second kappa shape index (κ2) is 9.13. The van der Waals surface area contributed by atoms with Crippen LogP contribution in [0.3, 0.4) is 0 Å². The van der Waals surface area contributed by atoms with E-state index in [9.17, 15) is 4.79 Å². The Kier molecular flexibility index (Phi) is 6.34. The highest BCUT2D eigenvalue weighted by atomic mass is 16.2. The quantitative estimate of drug-likeness (QED) is 0.735. The Morgan fingerprint density at radius 3 is 2.07 bits per heavy atom. The second-order valence-corrected chi connectivity index (χ2v) is 9.16. The molecule has 2 saturated heterocycles. The first-order valence-electron chi connectivity index (χ1n) is 11.2. The zero-order valence-electron chi connectivity index (χ0n) is 17.8. The Bertz CT molecular complexity index is 781. The van der Waals surface area contributed by atoms with Gasteiger partial charge in [0.15, 0.2) is 0 Å². The highest BCUT2D eigenvalue weighted by Gasteiger charge is 2.38. The van der Waals surface area contributed by atoms with Crippen LogP contribution in [0, 0.1) is 11.8 Å². The van der Waals surface area contributed by atoms with Gasteiger partial charge in [0.2, 0.25) is 5.91 Å². The maximum atomic E-state index is 12.7. The Morgan fingerprint density at radius 2 is 1.48 bits per heavy atom. The summed E-state index contributed by atoms with van der Waals surface area (Å²) in [6, 6.07) is 21.8. The lowest BCUT2D eigenvalue weighted by Crippen LogP contribution is -2.39. The topological polar surface area (TPSA) is 23.6 Å². The molecule has 2 aromatic carbocycles. The van der Waals surface area contributed by atoms with E-state index in [1.54, 1.807) is 0 Å². The van der Waals surface area contributed by atoms with Crippen molar-refractivity contribution in [3.63, 3.8) is 0 Å². The molecule has 3 nitrogen and oxygen atoms in total. The maximum Gasteiger partial charge on any atom is 0.225 e. The van der Waals surface area contributed by atoms with E-state index in [0.717, 1.165) is 32.7 Å². The number of carbonyl (C=O) groups excluding carboxylic acids is 1. The van der Waals surface area contributed by atoms with Gasteiger partial charge in [-0.05, 0) is 48.9 Å². The van der Waals surface area contributed by atoms with Crippen LogP contribution in [0.2, 0.25) is 0 Å². The summed E-state index contributed by atoms with van der Waals surface area (Å²) in [5.41, 5.74) is 2.87. The summed E-state index contributed by atoms with van der Waals surface area (Å²) < 4.78 is 0. The van der Waals surface area contributed by atoms with E-state index in [1.807, 2.05) is 13.8 Å². The van der Waals surface area contributed by atoms with Gasteiger partial charge in [0.1, 0.15) is 0 Å². The molecule has 0 bridgehead atoms. The van der Waals surface area contributed by atoms with Crippen LogP contribution >= 0.6 is 0 Å². The number of carbonyl (C=O) groups is 1. The number of hydrogen-bond donors (Lipinski definition) is 0. The van der Waals surface area contributed by atoms with E-state index in [2.05, 4.69) is 70.5 Å². The molecule has 1 amide bonds. The summed E-state index contributed by atoms with van der Waals surface area (Å²) in [5.74, 6) is 2.04. The Labute approximate surface area is 175 Å². The van der Waals surface area contributed by atoms with Crippen LogP contribution in [0.1, 0.15) is 49.7 Å². The molecule has 0 N–H and O–H groups in total. The van der Waals surface area contributed by atoms with Crippen molar-refractivity contribution in [2.45, 2.75) is 38.5 Å². The average molecular weight is 391 g/mol. The van der Waals surface area contributed by atoms with Crippen molar-refractivity contribution < 1.29 is 4.79 Å².